The smallest absolute Gasteiger partial charge is 0.349 e. The molecule has 0 aromatic heterocycles. The number of carbonyl (C=O) groups is 2. The summed E-state index contributed by atoms with van der Waals surface area (Å²) in [6.45, 7) is 7.47. The van der Waals surface area contributed by atoms with E-state index in [2.05, 4.69) is 33.8 Å². The molecule has 0 aliphatic heterocycles. The third-order valence-corrected chi connectivity index (χ3v) is 1.16. The van der Waals surface area contributed by atoms with E-state index in [1.54, 1.807) is 0 Å². The lowest BCUT2D eigenvalue weighted by Gasteiger charge is -2.00. The normalized spacial score (nSPS) is 9.75. The summed E-state index contributed by atoms with van der Waals surface area (Å²) < 4.78 is 0. The second-order valence-corrected chi connectivity index (χ2v) is 2.45. The van der Waals surface area contributed by atoms with Gasteiger partial charge in [0.05, 0.1) is 0 Å². The van der Waals surface area contributed by atoms with Gasteiger partial charge in [0.25, 0.3) is 0 Å². The number of rotatable bonds is 8. The zero-order valence-electron chi connectivity index (χ0n) is 8.77. The lowest BCUT2D eigenvalue weighted by molar-refractivity contribution is -0.147. The minimum atomic E-state index is -0.706. The van der Waals surface area contributed by atoms with Gasteiger partial charge in [-0.1, -0.05) is 12.2 Å². The van der Waals surface area contributed by atoms with Gasteiger partial charge in [0.15, 0.2) is 0 Å². The van der Waals surface area contributed by atoms with Crippen LogP contribution in [-0.2, 0) is 19.3 Å². The maximum absolute atomic E-state index is 10.9. The lowest BCUT2D eigenvalue weighted by Crippen LogP contribution is -2.20. The molecule has 0 spiro atoms. The van der Waals surface area contributed by atoms with Crippen molar-refractivity contribution in [3.63, 3.8) is 0 Å². The van der Waals surface area contributed by atoms with Crippen molar-refractivity contribution in [1.82, 2.24) is 11.0 Å². The predicted octanol–water partition coefficient (Wildman–Crippen LogP) is 0.0102. The van der Waals surface area contributed by atoms with E-state index in [0.29, 0.717) is 13.1 Å². The fourth-order valence-corrected chi connectivity index (χ4v) is 0.548. The molecule has 0 unspecified atom stereocenters. The molecule has 0 aliphatic rings. The van der Waals surface area contributed by atoms with Crippen molar-refractivity contribution in [2.24, 2.45) is 0 Å². The van der Waals surface area contributed by atoms with Gasteiger partial charge in [-0.15, -0.1) is 24.1 Å². The van der Waals surface area contributed by atoms with Crippen LogP contribution in [0.15, 0.2) is 37.5 Å². The molecule has 0 aromatic rings. The third-order valence-electron chi connectivity index (χ3n) is 1.16. The molecule has 0 amide bonds. The average Bonchev–Trinajstić information content (AvgIpc) is 2.27. The van der Waals surface area contributed by atoms with Crippen LogP contribution in [0, 0.1) is 0 Å². The number of carbonyl (C=O) groups excluding carboxylic acids is 2. The Hall–Kier alpha value is -1.92. The summed E-state index contributed by atoms with van der Waals surface area (Å²) in [6.07, 6.45) is 4.91. The van der Waals surface area contributed by atoms with Gasteiger partial charge in [0, 0.05) is 25.2 Å². The molecule has 0 fully saturated rings. The van der Waals surface area contributed by atoms with Crippen molar-refractivity contribution in [1.29, 1.82) is 0 Å². The monoisotopic (exact) mass is 226 g/mol. The minimum absolute atomic E-state index is 0.324. The van der Waals surface area contributed by atoms with Crippen LogP contribution in [0.3, 0.4) is 0 Å². The third kappa shape index (κ3) is 8.67. The highest BCUT2D eigenvalue weighted by Crippen LogP contribution is 1.82. The topological polar surface area (TPSA) is 76.7 Å². The predicted molar refractivity (Wildman–Crippen MR) is 57.7 cm³/mol. The molecule has 0 rings (SSSR count). The SMILES string of the molecule is C=CCNOC(=O)/C=C/C(=O)ONCC=C. The standard InChI is InChI=1S/C10H14N2O4/c1-3-7-11-15-9(13)5-6-10(14)16-12-8-4-2/h3-6,11-12H,1-2,7-8H2/b6-5+. The molecule has 0 aromatic carbocycles. The summed E-state index contributed by atoms with van der Waals surface area (Å²) in [4.78, 5) is 30.7. The highest BCUT2D eigenvalue weighted by Gasteiger charge is 1.99. The Bertz CT molecular complexity index is 259. The van der Waals surface area contributed by atoms with Crippen LogP contribution < -0.4 is 11.0 Å². The van der Waals surface area contributed by atoms with Gasteiger partial charge in [-0.3, -0.25) is 0 Å². The molecule has 0 saturated heterocycles. The zero-order valence-corrected chi connectivity index (χ0v) is 8.77. The molecule has 16 heavy (non-hydrogen) atoms. The summed E-state index contributed by atoms with van der Waals surface area (Å²) in [5.74, 6) is -1.41. The van der Waals surface area contributed by atoms with Crippen LogP contribution in [0.5, 0.6) is 0 Å². The first-order chi connectivity index (χ1) is 7.70. The van der Waals surface area contributed by atoms with Gasteiger partial charge in [-0.2, -0.15) is 0 Å². The number of hydrogen-bond acceptors (Lipinski definition) is 6. The zero-order chi connectivity index (χ0) is 12.2. The van der Waals surface area contributed by atoms with Gasteiger partial charge < -0.3 is 9.68 Å². The van der Waals surface area contributed by atoms with E-state index in [-0.39, 0.29) is 0 Å². The Morgan fingerprint density at radius 3 is 1.62 bits per heavy atom. The summed E-state index contributed by atoms with van der Waals surface area (Å²) in [5, 5.41) is 0. The largest absolute Gasteiger partial charge is 0.367 e. The quantitative estimate of drug-likeness (QED) is 0.263. The lowest BCUT2D eigenvalue weighted by atomic mass is 10.5. The fraction of sp³-hybridized carbons (Fsp3) is 0.200. The molecule has 0 radical (unpaired) electrons. The average molecular weight is 226 g/mol. The van der Waals surface area contributed by atoms with Crippen molar-refractivity contribution >= 4 is 11.9 Å². The Morgan fingerprint density at radius 2 is 1.31 bits per heavy atom. The van der Waals surface area contributed by atoms with Crippen molar-refractivity contribution in [2.75, 3.05) is 13.1 Å². The first-order valence-corrected chi connectivity index (χ1v) is 4.48. The summed E-state index contributed by atoms with van der Waals surface area (Å²) in [6, 6.07) is 0. The Balaban J connectivity index is 3.70. The Labute approximate surface area is 93.5 Å². The molecule has 88 valence electrons. The molecule has 0 aliphatic carbocycles. The second-order valence-electron chi connectivity index (χ2n) is 2.45. The van der Waals surface area contributed by atoms with Gasteiger partial charge in [-0.05, 0) is 0 Å². The molecule has 6 nitrogen and oxygen atoms in total. The van der Waals surface area contributed by atoms with Crippen molar-refractivity contribution in [3.05, 3.63) is 37.5 Å². The fourth-order valence-electron chi connectivity index (χ4n) is 0.548. The van der Waals surface area contributed by atoms with Crippen molar-refractivity contribution in [3.8, 4) is 0 Å². The first-order valence-electron chi connectivity index (χ1n) is 4.48. The van der Waals surface area contributed by atoms with Gasteiger partial charge in [0.1, 0.15) is 0 Å². The number of hydrogen-bond donors (Lipinski definition) is 2. The first kappa shape index (κ1) is 14.1. The van der Waals surface area contributed by atoms with Crippen molar-refractivity contribution in [2.45, 2.75) is 0 Å². The summed E-state index contributed by atoms with van der Waals surface area (Å²) in [7, 11) is 0. The van der Waals surface area contributed by atoms with Crippen LogP contribution in [0.2, 0.25) is 0 Å². The van der Waals surface area contributed by atoms with E-state index in [4.69, 9.17) is 0 Å². The van der Waals surface area contributed by atoms with Crippen LogP contribution in [0.25, 0.3) is 0 Å². The molecule has 0 heterocycles. The van der Waals surface area contributed by atoms with Crippen LogP contribution in [0.1, 0.15) is 0 Å². The molecular formula is C10H14N2O4. The highest BCUT2D eigenvalue weighted by molar-refractivity contribution is 5.91. The maximum Gasteiger partial charge on any atom is 0.349 e. The molecule has 0 bridgehead atoms. The highest BCUT2D eigenvalue weighted by atomic mass is 16.7. The molecule has 0 saturated carbocycles. The van der Waals surface area contributed by atoms with Crippen LogP contribution in [0.4, 0.5) is 0 Å². The van der Waals surface area contributed by atoms with Crippen LogP contribution >= 0.6 is 0 Å². The van der Waals surface area contributed by atoms with E-state index in [9.17, 15) is 9.59 Å². The summed E-state index contributed by atoms with van der Waals surface area (Å²) in [5.41, 5.74) is 4.62. The maximum atomic E-state index is 10.9. The van der Waals surface area contributed by atoms with E-state index in [1.807, 2.05) is 0 Å². The second kappa shape index (κ2) is 9.63. The van der Waals surface area contributed by atoms with E-state index in [0.717, 1.165) is 12.2 Å². The van der Waals surface area contributed by atoms with Gasteiger partial charge in [0.2, 0.25) is 0 Å². The number of hydroxylamine groups is 2. The van der Waals surface area contributed by atoms with Crippen molar-refractivity contribution < 1.29 is 19.3 Å². The van der Waals surface area contributed by atoms with E-state index >= 15 is 0 Å². The Morgan fingerprint density at radius 1 is 0.938 bits per heavy atom. The van der Waals surface area contributed by atoms with E-state index in [1.165, 1.54) is 12.2 Å². The van der Waals surface area contributed by atoms with Gasteiger partial charge >= 0.3 is 11.9 Å². The molecular weight excluding hydrogens is 212 g/mol. The molecule has 0 atom stereocenters. The minimum Gasteiger partial charge on any atom is -0.367 e. The molecule has 6 heteroatoms. The summed E-state index contributed by atoms with van der Waals surface area (Å²) >= 11 is 0. The van der Waals surface area contributed by atoms with Gasteiger partial charge in [-0.25, -0.2) is 9.59 Å². The van der Waals surface area contributed by atoms with Crippen LogP contribution in [-0.4, -0.2) is 25.0 Å². The number of nitrogens with one attached hydrogen (secondary N) is 2. The Kier molecular flexibility index (Phi) is 8.47. The molecule has 2 N–H and O–H groups in total. The van der Waals surface area contributed by atoms with E-state index < -0.39 is 11.9 Å².